The number of rotatable bonds is 10. The molecule has 0 saturated carbocycles. The van der Waals surface area contributed by atoms with Gasteiger partial charge in [-0.3, -0.25) is 0 Å². The van der Waals surface area contributed by atoms with Gasteiger partial charge in [-0.25, -0.2) is 4.98 Å². The third-order valence-electron chi connectivity index (χ3n) is 4.01. The number of aryl methyl sites for hydroxylation is 1. The highest BCUT2D eigenvalue weighted by molar-refractivity contribution is 5.44. The van der Waals surface area contributed by atoms with E-state index in [1.807, 2.05) is 19.1 Å². The molecular formula is C20H30N4O. The van der Waals surface area contributed by atoms with Crippen LogP contribution in [0, 0.1) is 6.92 Å². The van der Waals surface area contributed by atoms with Crippen molar-refractivity contribution in [1.29, 1.82) is 0 Å². The van der Waals surface area contributed by atoms with Crippen molar-refractivity contribution in [2.45, 2.75) is 40.0 Å². The molecule has 1 aromatic carbocycles. The summed E-state index contributed by atoms with van der Waals surface area (Å²) >= 11 is 0. The fourth-order valence-electron chi connectivity index (χ4n) is 2.78. The highest BCUT2D eigenvalue weighted by atomic mass is 16.5. The summed E-state index contributed by atoms with van der Waals surface area (Å²) in [5.41, 5.74) is 2.26. The van der Waals surface area contributed by atoms with E-state index in [1.54, 1.807) is 7.11 Å². The Bertz CT molecular complexity index is 637. The molecule has 2 aromatic rings. The fourth-order valence-corrected chi connectivity index (χ4v) is 2.78. The number of hydrogen-bond acceptors (Lipinski definition) is 5. The summed E-state index contributed by atoms with van der Waals surface area (Å²) in [6.45, 7) is 9.27. The third kappa shape index (κ3) is 5.93. The van der Waals surface area contributed by atoms with Gasteiger partial charge in [0, 0.05) is 31.4 Å². The summed E-state index contributed by atoms with van der Waals surface area (Å²) in [5, 5.41) is 3.36. The van der Waals surface area contributed by atoms with E-state index in [9.17, 15) is 0 Å². The smallest absolute Gasteiger partial charge is 0.224 e. The van der Waals surface area contributed by atoms with E-state index in [0.717, 1.165) is 56.2 Å². The Morgan fingerprint density at radius 2 is 1.72 bits per heavy atom. The Hall–Kier alpha value is -2.30. The Balaban J connectivity index is 1.98. The molecule has 0 aliphatic carbocycles. The van der Waals surface area contributed by atoms with Crippen molar-refractivity contribution < 1.29 is 4.74 Å². The number of hydrogen-bond donors (Lipinski definition) is 1. The van der Waals surface area contributed by atoms with Gasteiger partial charge in [0.25, 0.3) is 0 Å². The summed E-state index contributed by atoms with van der Waals surface area (Å²) < 4.78 is 5.19. The number of nitrogens with one attached hydrogen (secondary N) is 1. The second kappa shape index (κ2) is 9.87. The lowest BCUT2D eigenvalue weighted by molar-refractivity contribution is 0.414. The molecule has 1 heterocycles. The molecule has 0 radical (unpaired) electrons. The first kappa shape index (κ1) is 19.0. The number of ether oxygens (including phenoxy) is 1. The van der Waals surface area contributed by atoms with E-state index in [1.165, 1.54) is 5.56 Å². The molecule has 0 atom stereocenters. The molecule has 0 aliphatic heterocycles. The number of benzene rings is 1. The van der Waals surface area contributed by atoms with Gasteiger partial charge in [-0.05, 0) is 43.9 Å². The first-order chi connectivity index (χ1) is 12.2. The summed E-state index contributed by atoms with van der Waals surface area (Å²) in [6.07, 6.45) is 3.15. The van der Waals surface area contributed by atoms with Gasteiger partial charge < -0.3 is 15.0 Å². The molecule has 2 rings (SSSR count). The van der Waals surface area contributed by atoms with E-state index >= 15 is 0 Å². The lowest BCUT2D eigenvalue weighted by Gasteiger charge is -2.23. The normalized spacial score (nSPS) is 10.6. The highest BCUT2D eigenvalue weighted by Crippen LogP contribution is 2.16. The zero-order valence-corrected chi connectivity index (χ0v) is 15.9. The third-order valence-corrected chi connectivity index (χ3v) is 4.01. The molecule has 1 N–H and O–H groups in total. The molecule has 5 nitrogen and oxygen atoms in total. The molecule has 0 amide bonds. The van der Waals surface area contributed by atoms with Gasteiger partial charge in [-0.1, -0.05) is 26.0 Å². The summed E-state index contributed by atoms with van der Waals surface area (Å²) in [4.78, 5) is 11.6. The van der Waals surface area contributed by atoms with Crippen LogP contribution in [-0.2, 0) is 6.42 Å². The van der Waals surface area contributed by atoms with Crippen molar-refractivity contribution in [3.63, 3.8) is 0 Å². The van der Waals surface area contributed by atoms with Gasteiger partial charge in [0.05, 0.1) is 7.11 Å². The van der Waals surface area contributed by atoms with Crippen LogP contribution in [0.1, 0.15) is 37.9 Å². The lowest BCUT2D eigenvalue weighted by Crippen LogP contribution is -2.26. The van der Waals surface area contributed by atoms with Crippen LogP contribution in [0.4, 0.5) is 11.8 Å². The standard InChI is InChI=1S/C20H30N4O/c1-5-13-24(14-6-2)19-15-16(3)22-20(23-19)21-12-11-17-7-9-18(25-4)10-8-17/h7-10,15H,5-6,11-14H2,1-4H3,(H,21,22,23). The molecule has 5 heteroatoms. The van der Waals surface area contributed by atoms with Crippen LogP contribution in [0.15, 0.2) is 30.3 Å². The van der Waals surface area contributed by atoms with Crippen LogP contribution in [0.25, 0.3) is 0 Å². The Labute approximate surface area is 151 Å². The predicted molar refractivity (Wildman–Crippen MR) is 105 cm³/mol. The number of aromatic nitrogens is 2. The SMILES string of the molecule is CCCN(CCC)c1cc(C)nc(NCCc2ccc(OC)cc2)n1. The number of nitrogens with zero attached hydrogens (tertiary/aromatic N) is 3. The van der Waals surface area contributed by atoms with Gasteiger partial charge in [-0.2, -0.15) is 4.98 Å². The average Bonchev–Trinajstić information content (AvgIpc) is 2.62. The molecule has 0 bridgehead atoms. The second-order valence-corrected chi connectivity index (χ2v) is 6.20. The second-order valence-electron chi connectivity index (χ2n) is 6.20. The van der Waals surface area contributed by atoms with Crippen LogP contribution in [-0.4, -0.2) is 36.7 Å². The molecule has 25 heavy (non-hydrogen) atoms. The van der Waals surface area contributed by atoms with Gasteiger partial charge >= 0.3 is 0 Å². The van der Waals surface area contributed by atoms with Gasteiger partial charge in [-0.15, -0.1) is 0 Å². The molecular weight excluding hydrogens is 312 g/mol. The summed E-state index contributed by atoms with van der Waals surface area (Å²) in [6, 6.07) is 10.2. The Morgan fingerprint density at radius 1 is 1.04 bits per heavy atom. The Kier molecular flexibility index (Phi) is 7.51. The molecule has 0 aliphatic rings. The van der Waals surface area contributed by atoms with Crippen molar-refractivity contribution in [1.82, 2.24) is 9.97 Å². The lowest BCUT2D eigenvalue weighted by atomic mass is 10.1. The zero-order valence-electron chi connectivity index (χ0n) is 15.9. The summed E-state index contributed by atoms with van der Waals surface area (Å²) in [7, 11) is 1.68. The van der Waals surface area contributed by atoms with Crippen molar-refractivity contribution in [3.05, 3.63) is 41.6 Å². The number of anilines is 2. The largest absolute Gasteiger partial charge is 0.497 e. The van der Waals surface area contributed by atoms with Gasteiger partial charge in [0.15, 0.2) is 0 Å². The van der Waals surface area contributed by atoms with Gasteiger partial charge in [0.2, 0.25) is 5.95 Å². The maximum absolute atomic E-state index is 5.19. The first-order valence-corrected chi connectivity index (χ1v) is 9.13. The van der Waals surface area contributed by atoms with E-state index in [2.05, 4.69) is 47.2 Å². The average molecular weight is 342 g/mol. The van der Waals surface area contributed by atoms with Gasteiger partial charge in [0.1, 0.15) is 11.6 Å². The first-order valence-electron chi connectivity index (χ1n) is 9.13. The van der Waals surface area contributed by atoms with Crippen LogP contribution in [0.3, 0.4) is 0 Å². The summed E-state index contributed by atoms with van der Waals surface area (Å²) in [5.74, 6) is 2.61. The molecule has 0 unspecified atom stereocenters. The minimum Gasteiger partial charge on any atom is -0.497 e. The molecule has 1 aromatic heterocycles. The van der Waals surface area contributed by atoms with Crippen molar-refractivity contribution in [2.24, 2.45) is 0 Å². The van der Waals surface area contributed by atoms with E-state index in [0.29, 0.717) is 5.95 Å². The molecule has 136 valence electrons. The van der Waals surface area contributed by atoms with Crippen LogP contribution in [0.2, 0.25) is 0 Å². The minimum atomic E-state index is 0.709. The molecule has 0 spiro atoms. The van der Waals surface area contributed by atoms with Crippen molar-refractivity contribution in [2.75, 3.05) is 37.0 Å². The van der Waals surface area contributed by atoms with E-state index < -0.39 is 0 Å². The quantitative estimate of drug-likeness (QED) is 0.705. The monoisotopic (exact) mass is 342 g/mol. The van der Waals surface area contributed by atoms with Crippen LogP contribution < -0.4 is 15.0 Å². The van der Waals surface area contributed by atoms with E-state index in [-0.39, 0.29) is 0 Å². The van der Waals surface area contributed by atoms with Crippen molar-refractivity contribution in [3.8, 4) is 5.75 Å². The maximum Gasteiger partial charge on any atom is 0.224 e. The predicted octanol–water partition coefficient (Wildman–Crippen LogP) is 4.07. The van der Waals surface area contributed by atoms with Crippen LogP contribution in [0.5, 0.6) is 5.75 Å². The number of methoxy groups -OCH3 is 1. The zero-order chi connectivity index (χ0) is 18.1. The maximum atomic E-state index is 5.19. The Morgan fingerprint density at radius 3 is 2.32 bits per heavy atom. The molecule has 0 saturated heterocycles. The highest BCUT2D eigenvalue weighted by Gasteiger charge is 2.09. The topological polar surface area (TPSA) is 50.3 Å². The van der Waals surface area contributed by atoms with E-state index in [4.69, 9.17) is 9.72 Å². The van der Waals surface area contributed by atoms with Crippen molar-refractivity contribution >= 4 is 11.8 Å². The van der Waals surface area contributed by atoms with Crippen LogP contribution >= 0.6 is 0 Å². The molecule has 0 fully saturated rings. The minimum absolute atomic E-state index is 0.709. The fraction of sp³-hybridized carbons (Fsp3) is 0.500.